The van der Waals surface area contributed by atoms with Gasteiger partial charge < -0.3 is 9.13 Å². The molecule has 0 aliphatic heterocycles. The summed E-state index contributed by atoms with van der Waals surface area (Å²) in [6, 6.07) is 0.506. The molecular formula is C16H17ClF3N5O2S. The number of nitrogens with zero attached hydrogens (tertiary/aromatic N) is 5. The SMILES string of the molecule is CCS(=O)(=O)c1c(-c2nc3cc(C(F)(F)F)ncc3n2C)nc(Cl)n1C(C)C. The van der Waals surface area contributed by atoms with Crippen LogP contribution in [-0.4, -0.2) is 38.3 Å². The van der Waals surface area contributed by atoms with Gasteiger partial charge in [-0.3, -0.25) is 0 Å². The molecule has 3 heterocycles. The molecule has 28 heavy (non-hydrogen) atoms. The van der Waals surface area contributed by atoms with Crippen LogP contribution < -0.4 is 0 Å². The molecule has 0 aliphatic carbocycles. The van der Waals surface area contributed by atoms with Crippen LogP contribution in [0.1, 0.15) is 32.5 Å². The van der Waals surface area contributed by atoms with Crippen LogP contribution in [0.2, 0.25) is 5.28 Å². The first-order valence-electron chi connectivity index (χ1n) is 8.29. The zero-order valence-electron chi connectivity index (χ0n) is 15.4. The van der Waals surface area contributed by atoms with Crippen molar-refractivity contribution in [1.82, 2.24) is 24.1 Å². The maximum atomic E-state index is 12.9. The van der Waals surface area contributed by atoms with Gasteiger partial charge in [0.15, 0.2) is 20.7 Å². The molecule has 0 bridgehead atoms. The highest BCUT2D eigenvalue weighted by atomic mass is 35.5. The first kappa shape index (κ1) is 20.6. The minimum Gasteiger partial charge on any atom is -0.324 e. The minimum atomic E-state index is -4.62. The molecule has 0 saturated carbocycles. The largest absolute Gasteiger partial charge is 0.433 e. The molecule has 3 rings (SSSR count). The minimum absolute atomic E-state index is 0.00666. The van der Waals surface area contributed by atoms with Gasteiger partial charge in [-0.2, -0.15) is 13.2 Å². The van der Waals surface area contributed by atoms with Gasteiger partial charge in [-0.1, -0.05) is 6.92 Å². The van der Waals surface area contributed by atoms with Crippen LogP contribution in [-0.2, 0) is 23.1 Å². The van der Waals surface area contributed by atoms with Crippen molar-refractivity contribution in [2.45, 2.75) is 38.0 Å². The van der Waals surface area contributed by atoms with E-state index in [0.717, 1.165) is 12.3 Å². The van der Waals surface area contributed by atoms with E-state index in [1.54, 1.807) is 20.9 Å². The summed E-state index contributed by atoms with van der Waals surface area (Å²) in [5.41, 5.74) is -0.766. The van der Waals surface area contributed by atoms with Crippen LogP contribution in [0.5, 0.6) is 0 Å². The number of hydrogen-bond donors (Lipinski definition) is 0. The third-order valence-electron chi connectivity index (χ3n) is 4.28. The molecule has 3 aromatic heterocycles. The van der Waals surface area contributed by atoms with Crippen LogP contribution in [0.15, 0.2) is 17.3 Å². The lowest BCUT2D eigenvalue weighted by atomic mass is 10.3. The summed E-state index contributed by atoms with van der Waals surface area (Å²) in [4.78, 5) is 11.8. The molecule has 0 N–H and O–H groups in total. The molecule has 0 aromatic carbocycles. The number of pyridine rings is 1. The maximum absolute atomic E-state index is 12.9. The van der Waals surface area contributed by atoms with E-state index in [-0.39, 0.29) is 39.1 Å². The van der Waals surface area contributed by atoms with Gasteiger partial charge in [0.1, 0.15) is 11.4 Å². The number of sulfone groups is 1. The van der Waals surface area contributed by atoms with E-state index < -0.39 is 21.7 Å². The lowest BCUT2D eigenvalue weighted by Gasteiger charge is -2.13. The second kappa shape index (κ2) is 6.73. The monoisotopic (exact) mass is 435 g/mol. The molecule has 0 amide bonds. The maximum Gasteiger partial charge on any atom is 0.433 e. The third-order valence-corrected chi connectivity index (χ3v) is 6.29. The van der Waals surface area contributed by atoms with Crippen molar-refractivity contribution in [2.75, 3.05) is 5.75 Å². The van der Waals surface area contributed by atoms with E-state index >= 15 is 0 Å². The average molecular weight is 436 g/mol. The summed E-state index contributed by atoms with van der Waals surface area (Å²) in [5.74, 6) is -0.109. The lowest BCUT2D eigenvalue weighted by molar-refractivity contribution is -0.141. The van der Waals surface area contributed by atoms with E-state index in [2.05, 4.69) is 15.0 Å². The predicted molar refractivity (Wildman–Crippen MR) is 97.9 cm³/mol. The van der Waals surface area contributed by atoms with Gasteiger partial charge in [0.25, 0.3) is 0 Å². The first-order chi connectivity index (χ1) is 12.9. The number of rotatable bonds is 4. The van der Waals surface area contributed by atoms with E-state index in [1.807, 2.05) is 0 Å². The van der Waals surface area contributed by atoms with E-state index in [1.165, 1.54) is 16.1 Å². The molecular weight excluding hydrogens is 419 g/mol. The van der Waals surface area contributed by atoms with Gasteiger partial charge in [-0.25, -0.2) is 23.4 Å². The number of aromatic nitrogens is 5. The van der Waals surface area contributed by atoms with Gasteiger partial charge in [-0.05, 0) is 31.5 Å². The zero-order chi connectivity index (χ0) is 21.0. The van der Waals surface area contributed by atoms with Gasteiger partial charge in [0.05, 0.1) is 23.0 Å². The molecule has 12 heteroatoms. The number of alkyl halides is 3. The summed E-state index contributed by atoms with van der Waals surface area (Å²) < 4.78 is 67.1. The zero-order valence-corrected chi connectivity index (χ0v) is 17.0. The fourth-order valence-electron chi connectivity index (χ4n) is 2.87. The molecule has 0 unspecified atom stereocenters. The van der Waals surface area contributed by atoms with Gasteiger partial charge in [-0.15, -0.1) is 0 Å². The normalized spacial score (nSPS) is 13.0. The predicted octanol–water partition coefficient (Wildman–Crippen LogP) is 3.88. The standard InChI is InChI=1S/C16H17ClF3N5O2S/c1-5-28(26,27)14-12(23-15(17)25(14)8(2)3)13-22-9-6-11(16(18,19)20)21-7-10(9)24(13)4/h6-8H,5H2,1-4H3. The second-order valence-electron chi connectivity index (χ2n) is 6.45. The van der Waals surface area contributed by atoms with Gasteiger partial charge in [0, 0.05) is 13.1 Å². The number of hydrogen-bond acceptors (Lipinski definition) is 5. The topological polar surface area (TPSA) is 82.7 Å². The number of halogens is 4. The number of aryl methyl sites for hydroxylation is 1. The third kappa shape index (κ3) is 3.26. The average Bonchev–Trinajstić information content (AvgIpc) is 3.11. The van der Waals surface area contributed by atoms with Crippen molar-refractivity contribution in [3.8, 4) is 11.5 Å². The fourth-order valence-corrected chi connectivity index (χ4v) is 4.59. The number of fused-ring (bicyclic) bond motifs is 1. The van der Waals surface area contributed by atoms with E-state index in [4.69, 9.17) is 11.6 Å². The lowest BCUT2D eigenvalue weighted by Crippen LogP contribution is -2.14. The van der Waals surface area contributed by atoms with Crippen molar-refractivity contribution in [3.05, 3.63) is 23.2 Å². The van der Waals surface area contributed by atoms with Crippen LogP contribution in [0.4, 0.5) is 13.2 Å². The van der Waals surface area contributed by atoms with Crippen molar-refractivity contribution in [2.24, 2.45) is 7.05 Å². The van der Waals surface area contributed by atoms with Crippen molar-refractivity contribution in [1.29, 1.82) is 0 Å². The van der Waals surface area contributed by atoms with Crippen LogP contribution in [0.25, 0.3) is 22.6 Å². The highest BCUT2D eigenvalue weighted by molar-refractivity contribution is 7.91. The Morgan fingerprint density at radius 2 is 1.89 bits per heavy atom. The molecule has 152 valence electrons. The van der Waals surface area contributed by atoms with Crippen LogP contribution >= 0.6 is 11.6 Å². The van der Waals surface area contributed by atoms with Crippen LogP contribution in [0, 0.1) is 0 Å². The highest BCUT2D eigenvalue weighted by Crippen LogP contribution is 2.35. The van der Waals surface area contributed by atoms with E-state index in [9.17, 15) is 21.6 Å². The highest BCUT2D eigenvalue weighted by Gasteiger charge is 2.34. The Labute approximate surface area is 164 Å². The Balaban J connectivity index is 2.34. The molecule has 0 spiro atoms. The smallest absolute Gasteiger partial charge is 0.324 e. The molecule has 0 atom stereocenters. The van der Waals surface area contributed by atoms with Gasteiger partial charge in [0.2, 0.25) is 5.28 Å². The quantitative estimate of drug-likeness (QED) is 0.621. The molecule has 0 fully saturated rings. The Morgan fingerprint density at radius 1 is 1.25 bits per heavy atom. The number of imidazole rings is 2. The van der Waals surface area contributed by atoms with Crippen molar-refractivity contribution < 1.29 is 21.6 Å². The summed E-state index contributed by atoms with van der Waals surface area (Å²) in [6.07, 6.45) is -3.57. The first-order valence-corrected chi connectivity index (χ1v) is 10.3. The van der Waals surface area contributed by atoms with Crippen LogP contribution in [0.3, 0.4) is 0 Å². The van der Waals surface area contributed by atoms with E-state index in [0.29, 0.717) is 5.52 Å². The molecule has 0 radical (unpaired) electrons. The molecule has 7 nitrogen and oxygen atoms in total. The van der Waals surface area contributed by atoms with Gasteiger partial charge >= 0.3 is 6.18 Å². The molecule has 0 saturated heterocycles. The summed E-state index contributed by atoms with van der Waals surface area (Å²) in [6.45, 7) is 4.99. The molecule has 3 aromatic rings. The van der Waals surface area contributed by atoms with Crippen molar-refractivity contribution >= 4 is 32.5 Å². The Bertz CT molecular complexity index is 1170. The molecule has 0 aliphatic rings. The Morgan fingerprint density at radius 3 is 2.43 bits per heavy atom. The second-order valence-corrected chi connectivity index (χ2v) is 8.98. The summed E-state index contributed by atoms with van der Waals surface area (Å²) in [7, 11) is -2.20. The Hall–Kier alpha value is -2.14. The summed E-state index contributed by atoms with van der Waals surface area (Å²) >= 11 is 6.18. The Kier molecular flexibility index (Phi) is 4.95. The van der Waals surface area contributed by atoms with Crippen molar-refractivity contribution in [3.63, 3.8) is 0 Å². The summed E-state index contributed by atoms with van der Waals surface area (Å²) in [5, 5.41) is -0.157. The fraction of sp³-hybridized carbons (Fsp3) is 0.438.